The van der Waals surface area contributed by atoms with Crippen LogP contribution >= 0.6 is 11.6 Å². The molecule has 0 unspecified atom stereocenters. The first-order chi connectivity index (χ1) is 15.1. The molecule has 1 atom stereocenters. The zero-order valence-corrected chi connectivity index (χ0v) is 17.5. The molecule has 10 heteroatoms. The standard InChI is InChI=1S/C21H21ClN6O3/c22-15-5-3-14(4-6-15)18-12-28-17(13-31-18)19(24-25-28)21(30)27-10-8-26(9-11-27)20(29)16-2-1-7-23-16/h1-7,18,23H,8-13H2/t18-/m1/s1. The second kappa shape index (κ2) is 8.16. The van der Waals surface area contributed by atoms with Gasteiger partial charge in [0.1, 0.15) is 11.8 Å². The summed E-state index contributed by atoms with van der Waals surface area (Å²) in [7, 11) is 0. The molecule has 1 fully saturated rings. The maximum absolute atomic E-state index is 13.1. The second-order valence-electron chi connectivity index (χ2n) is 7.59. The van der Waals surface area contributed by atoms with Crippen molar-refractivity contribution in [1.29, 1.82) is 0 Å². The minimum atomic E-state index is -0.179. The van der Waals surface area contributed by atoms with Crippen LogP contribution in [0, 0.1) is 0 Å². The molecule has 2 amide bonds. The van der Waals surface area contributed by atoms with E-state index in [2.05, 4.69) is 15.3 Å². The maximum Gasteiger partial charge on any atom is 0.276 e. The van der Waals surface area contributed by atoms with Gasteiger partial charge in [-0.2, -0.15) is 0 Å². The Bertz CT molecular complexity index is 1090. The Labute approximate surface area is 183 Å². The summed E-state index contributed by atoms with van der Waals surface area (Å²) in [6.45, 7) is 2.59. The van der Waals surface area contributed by atoms with Gasteiger partial charge in [0.05, 0.1) is 18.8 Å². The smallest absolute Gasteiger partial charge is 0.276 e. The van der Waals surface area contributed by atoms with E-state index in [0.29, 0.717) is 54.8 Å². The fourth-order valence-corrected chi connectivity index (χ4v) is 4.08. The van der Waals surface area contributed by atoms with E-state index in [1.165, 1.54) is 0 Å². The largest absolute Gasteiger partial charge is 0.365 e. The van der Waals surface area contributed by atoms with Crippen LogP contribution < -0.4 is 0 Å². The molecule has 1 aromatic carbocycles. The summed E-state index contributed by atoms with van der Waals surface area (Å²) < 4.78 is 7.72. The highest BCUT2D eigenvalue weighted by Gasteiger charge is 2.32. The van der Waals surface area contributed by atoms with E-state index in [1.807, 2.05) is 24.3 Å². The summed E-state index contributed by atoms with van der Waals surface area (Å²) in [5.41, 5.74) is 2.56. The van der Waals surface area contributed by atoms with E-state index in [-0.39, 0.29) is 24.5 Å². The van der Waals surface area contributed by atoms with Crippen LogP contribution in [0.1, 0.15) is 38.3 Å². The number of fused-ring (bicyclic) bond motifs is 1. The van der Waals surface area contributed by atoms with Gasteiger partial charge >= 0.3 is 0 Å². The van der Waals surface area contributed by atoms with E-state index < -0.39 is 0 Å². The monoisotopic (exact) mass is 440 g/mol. The van der Waals surface area contributed by atoms with Crippen molar-refractivity contribution in [3.8, 4) is 0 Å². The molecule has 160 valence electrons. The predicted molar refractivity (Wildman–Crippen MR) is 112 cm³/mol. The third kappa shape index (κ3) is 3.82. The summed E-state index contributed by atoms with van der Waals surface area (Å²) in [5, 5.41) is 9.00. The van der Waals surface area contributed by atoms with E-state index in [1.54, 1.807) is 32.8 Å². The fraction of sp³-hybridized carbons (Fsp3) is 0.333. The second-order valence-corrected chi connectivity index (χ2v) is 8.02. The average Bonchev–Trinajstić information content (AvgIpc) is 3.49. The molecule has 0 spiro atoms. The van der Waals surface area contributed by atoms with E-state index in [9.17, 15) is 9.59 Å². The number of halogens is 1. The van der Waals surface area contributed by atoms with Crippen molar-refractivity contribution in [2.24, 2.45) is 0 Å². The van der Waals surface area contributed by atoms with Gasteiger partial charge in [0.2, 0.25) is 0 Å². The Kier molecular flexibility index (Phi) is 5.21. The Hall–Kier alpha value is -3.17. The maximum atomic E-state index is 13.1. The Morgan fingerprint density at radius 2 is 1.74 bits per heavy atom. The molecular formula is C21H21ClN6O3. The van der Waals surface area contributed by atoms with Gasteiger partial charge in [0.15, 0.2) is 5.69 Å². The third-order valence-corrected chi connectivity index (χ3v) is 5.98. The first kappa shape index (κ1) is 19.8. The topological polar surface area (TPSA) is 96.4 Å². The molecule has 2 aromatic heterocycles. The lowest BCUT2D eigenvalue weighted by molar-refractivity contribution is -0.00202. The van der Waals surface area contributed by atoms with Crippen LogP contribution in [0.2, 0.25) is 5.02 Å². The Morgan fingerprint density at radius 3 is 2.42 bits per heavy atom. The average molecular weight is 441 g/mol. The van der Waals surface area contributed by atoms with Gasteiger partial charge in [-0.15, -0.1) is 5.10 Å². The predicted octanol–water partition coefficient (Wildman–Crippen LogP) is 2.13. The number of nitrogens with one attached hydrogen (secondary N) is 1. The molecule has 3 aromatic rings. The zero-order chi connectivity index (χ0) is 21.4. The van der Waals surface area contributed by atoms with E-state index >= 15 is 0 Å². The number of ether oxygens (including phenoxy) is 1. The quantitative estimate of drug-likeness (QED) is 0.673. The molecule has 9 nitrogen and oxygen atoms in total. The molecule has 0 aliphatic carbocycles. The molecule has 1 N–H and O–H groups in total. The Morgan fingerprint density at radius 1 is 1.03 bits per heavy atom. The van der Waals surface area contributed by atoms with Crippen molar-refractivity contribution in [2.45, 2.75) is 19.3 Å². The van der Waals surface area contributed by atoms with Gasteiger partial charge in [-0.3, -0.25) is 9.59 Å². The van der Waals surface area contributed by atoms with Crippen molar-refractivity contribution < 1.29 is 14.3 Å². The minimum Gasteiger partial charge on any atom is -0.365 e. The summed E-state index contributed by atoms with van der Waals surface area (Å²) in [5.74, 6) is -0.235. The number of rotatable bonds is 3. The van der Waals surface area contributed by atoms with Crippen molar-refractivity contribution in [3.63, 3.8) is 0 Å². The molecule has 2 aliphatic rings. The van der Waals surface area contributed by atoms with Crippen molar-refractivity contribution in [1.82, 2.24) is 29.8 Å². The number of carbonyl (C=O) groups excluding carboxylic acids is 2. The molecule has 2 aliphatic heterocycles. The summed E-state index contributed by atoms with van der Waals surface area (Å²) >= 11 is 5.96. The summed E-state index contributed by atoms with van der Waals surface area (Å²) in [6, 6.07) is 11.0. The van der Waals surface area contributed by atoms with Crippen molar-refractivity contribution >= 4 is 23.4 Å². The van der Waals surface area contributed by atoms with Gasteiger partial charge in [-0.25, -0.2) is 4.68 Å². The molecule has 4 heterocycles. The van der Waals surface area contributed by atoms with Crippen LogP contribution in [0.15, 0.2) is 42.6 Å². The SMILES string of the molecule is O=C(c1ccc[nH]1)N1CCN(C(=O)c2nnn3c2CO[C@@H](c2ccc(Cl)cc2)C3)CC1. The normalized spacial score (nSPS) is 18.7. The highest BCUT2D eigenvalue weighted by molar-refractivity contribution is 6.30. The number of piperazine rings is 1. The van der Waals surface area contributed by atoms with Crippen molar-refractivity contribution in [2.75, 3.05) is 26.2 Å². The number of aromatic nitrogens is 4. The van der Waals surface area contributed by atoms with Crippen LogP contribution in [0.25, 0.3) is 0 Å². The first-order valence-electron chi connectivity index (χ1n) is 10.1. The number of amides is 2. The molecule has 0 radical (unpaired) electrons. The van der Waals surface area contributed by atoms with Gasteiger partial charge < -0.3 is 19.5 Å². The lowest BCUT2D eigenvalue weighted by Crippen LogP contribution is -2.51. The number of aromatic amines is 1. The van der Waals surface area contributed by atoms with Gasteiger partial charge in [-0.05, 0) is 29.8 Å². The summed E-state index contributed by atoms with van der Waals surface area (Å²) in [6.07, 6.45) is 1.55. The number of carbonyl (C=O) groups is 2. The number of nitrogens with zero attached hydrogens (tertiary/aromatic N) is 5. The first-order valence-corrected chi connectivity index (χ1v) is 10.5. The number of benzene rings is 1. The number of H-pyrrole nitrogens is 1. The number of hydrogen-bond acceptors (Lipinski definition) is 5. The third-order valence-electron chi connectivity index (χ3n) is 5.72. The van der Waals surface area contributed by atoms with Crippen LogP contribution in [0.3, 0.4) is 0 Å². The van der Waals surface area contributed by atoms with Crippen LogP contribution in [0.4, 0.5) is 0 Å². The number of hydrogen-bond donors (Lipinski definition) is 1. The van der Waals surface area contributed by atoms with Crippen LogP contribution in [-0.2, 0) is 17.9 Å². The fourth-order valence-electron chi connectivity index (χ4n) is 3.95. The van der Waals surface area contributed by atoms with Crippen LogP contribution in [0.5, 0.6) is 0 Å². The highest BCUT2D eigenvalue weighted by atomic mass is 35.5. The Balaban J connectivity index is 1.24. The summed E-state index contributed by atoms with van der Waals surface area (Å²) in [4.78, 5) is 31.9. The molecule has 31 heavy (non-hydrogen) atoms. The van der Waals surface area contributed by atoms with Gasteiger partial charge in [0.25, 0.3) is 11.8 Å². The molecule has 5 rings (SSSR count). The van der Waals surface area contributed by atoms with Crippen molar-refractivity contribution in [3.05, 3.63) is 70.3 Å². The van der Waals surface area contributed by atoms with Gasteiger partial charge in [0, 0.05) is 37.4 Å². The van der Waals surface area contributed by atoms with E-state index in [0.717, 1.165) is 5.56 Å². The van der Waals surface area contributed by atoms with Gasteiger partial charge in [-0.1, -0.05) is 28.9 Å². The zero-order valence-electron chi connectivity index (χ0n) is 16.7. The molecule has 0 bridgehead atoms. The minimum absolute atomic E-state index is 0.0558. The lowest BCUT2D eigenvalue weighted by Gasteiger charge is -2.34. The molecule has 0 saturated carbocycles. The lowest BCUT2D eigenvalue weighted by atomic mass is 10.1. The molecular weight excluding hydrogens is 420 g/mol. The van der Waals surface area contributed by atoms with E-state index in [4.69, 9.17) is 16.3 Å². The molecule has 1 saturated heterocycles. The highest BCUT2D eigenvalue weighted by Crippen LogP contribution is 2.28. The van der Waals surface area contributed by atoms with Crippen LogP contribution in [-0.4, -0.2) is 67.8 Å².